The lowest BCUT2D eigenvalue weighted by Crippen LogP contribution is -2.56. The van der Waals surface area contributed by atoms with E-state index in [1.54, 1.807) is 12.1 Å². The highest BCUT2D eigenvalue weighted by Gasteiger charge is 2.43. The number of piperidine rings is 1. The van der Waals surface area contributed by atoms with Crippen molar-refractivity contribution in [3.8, 4) is 0 Å². The molecule has 1 aromatic rings. The number of sulfone groups is 1. The van der Waals surface area contributed by atoms with Gasteiger partial charge in [-0.15, -0.1) is 0 Å². The number of carbonyl (C=O) groups is 1. The Hall–Kier alpha value is -1.51. The molecular weight excluding hydrogens is 349 g/mol. The fourth-order valence-electron chi connectivity index (χ4n) is 3.19. The van der Waals surface area contributed by atoms with E-state index in [1.165, 1.54) is 17.0 Å². The van der Waals surface area contributed by atoms with Crippen molar-refractivity contribution >= 4 is 15.7 Å². The van der Waals surface area contributed by atoms with E-state index in [9.17, 15) is 27.8 Å². The largest absolute Gasteiger partial charge is 0.396 e. The monoisotopic (exact) mass is 373 g/mol. The first-order valence-electron chi connectivity index (χ1n) is 8.14. The molecule has 0 aliphatic carbocycles. The molecule has 8 heteroatoms. The molecule has 6 nitrogen and oxygen atoms in total. The summed E-state index contributed by atoms with van der Waals surface area (Å²) < 4.78 is 35.6. The molecule has 2 N–H and O–H groups in total. The number of aliphatic hydroxyl groups is 2. The quantitative estimate of drug-likeness (QED) is 0.752. The highest BCUT2D eigenvalue weighted by Crippen LogP contribution is 2.34. The van der Waals surface area contributed by atoms with E-state index in [4.69, 9.17) is 0 Å². The van der Waals surface area contributed by atoms with Gasteiger partial charge in [-0.3, -0.25) is 4.79 Å². The van der Waals surface area contributed by atoms with E-state index in [1.807, 2.05) is 0 Å². The number of benzene rings is 1. The van der Waals surface area contributed by atoms with Crippen molar-refractivity contribution in [3.05, 3.63) is 35.6 Å². The average Bonchev–Trinajstić information content (AvgIpc) is 2.56. The predicted octanol–water partition coefficient (Wildman–Crippen LogP) is 0.375. The highest BCUT2D eigenvalue weighted by atomic mass is 32.2. The fourth-order valence-corrected chi connectivity index (χ4v) is 3.73. The maximum Gasteiger partial charge on any atom is 0.223 e. The van der Waals surface area contributed by atoms with Crippen LogP contribution in [-0.2, 0) is 21.1 Å². The van der Waals surface area contributed by atoms with Crippen molar-refractivity contribution < 1.29 is 27.8 Å². The van der Waals surface area contributed by atoms with Crippen molar-refractivity contribution in [1.29, 1.82) is 0 Å². The zero-order valence-electron chi connectivity index (χ0n) is 14.2. The van der Waals surface area contributed by atoms with Crippen LogP contribution in [0.25, 0.3) is 0 Å². The van der Waals surface area contributed by atoms with Crippen LogP contribution in [0.1, 0.15) is 18.4 Å². The predicted molar refractivity (Wildman–Crippen MR) is 91.2 cm³/mol. The van der Waals surface area contributed by atoms with E-state index >= 15 is 0 Å². The van der Waals surface area contributed by atoms with Crippen molar-refractivity contribution in [2.24, 2.45) is 5.41 Å². The van der Waals surface area contributed by atoms with E-state index < -0.39 is 21.4 Å². The summed E-state index contributed by atoms with van der Waals surface area (Å²) in [4.78, 5) is 13.8. The normalized spacial score (nSPS) is 24.3. The maximum atomic E-state index is 13.1. The van der Waals surface area contributed by atoms with Crippen LogP contribution in [0.5, 0.6) is 0 Å². The van der Waals surface area contributed by atoms with Gasteiger partial charge in [-0.25, -0.2) is 12.8 Å². The van der Waals surface area contributed by atoms with Gasteiger partial charge in [0.1, 0.15) is 15.7 Å². The van der Waals surface area contributed by atoms with Crippen molar-refractivity contribution in [3.63, 3.8) is 0 Å². The number of halogens is 1. The minimum Gasteiger partial charge on any atom is -0.396 e. The molecule has 140 valence electrons. The molecule has 25 heavy (non-hydrogen) atoms. The average molecular weight is 373 g/mol. The number of hydrogen-bond acceptors (Lipinski definition) is 5. The zero-order chi connectivity index (χ0) is 18.7. The molecule has 1 aliphatic heterocycles. The van der Waals surface area contributed by atoms with Crippen molar-refractivity contribution in [2.45, 2.75) is 25.4 Å². The standard InChI is InChI=1S/C17H24FNO5S/c1-25(23,24)9-7-16(22)19-8-6-15(21)17(11-19,12-20)10-13-2-4-14(18)5-3-13/h2-5,15,20-21H,6-12H2,1H3/t15-,17-/m0/s1. The van der Waals surface area contributed by atoms with Crippen LogP contribution in [0.4, 0.5) is 4.39 Å². The Balaban J connectivity index is 2.12. The topological polar surface area (TPSA) is 94.9 Å². The van der Waals surface area contributed by atoms with E-state index in [0.717, 1.165) is 11.8 Å². The van der Waals surface area contributed by atoms with Gasteiger partial charge in [0.25, 0.3) is 0 Å². The molecule has 1 aromatic carbocycles. The summed E-state index contributed by atoms with van der Waals surface area (Å²) >= 11 is 0. The molecule has 1 aliphatic rings. The Morgan fingerprint density at radius 1 is 1.36 bits per heavy atom. The van der Waals surface area contributed by atoms with Crippen LogP contribution >= 0.6 is 0 Å². The van der Waals surface area contributed by atoms with Gasteiger partial charge in [0, 0.05) is 31.2 Å². The summed E-state index contributed by atoms with van der Waals surface area (Å²) in [6, 6.07) is 5.79. The Bertz CT molecular complexity index is 706. The first-order valence-corrected chi connectivity index (χ1v) is 10.2. The molecule has 0 unspecified atom stereocenters. The summed E-state index contributed by atoms with van der Waals surface area (Å²) in [6.45, 7) is 0.112. The lowest BCUT2D eigenvalue weighted by Gasteiger charge is -2.45. The number of nitrogens with zero attached hydrogens (tertiary/aromatic N) is 1. The van der Waals surface area contributed by atoms with E-state index in [2.05, 4.69) is 0 Å². The van der Waals surface area contributed by atoms with E-state index in [-0.39, 0.29) is 37.0 Å². The summed E-state index contributed by atoms with van der Waals surface area (Å²) in [5.41, 5.74) is -0.198. The third-order valence-electron chi connectivity index (χ3n) is 4.71. The molecule has 0 spiro atoms. The summed E-state index contributed by atoms with van der Waals surface area (Å²) in [5, 5.41) is 20.3. The summed E-state index contributed by atoms with van der Waals surface area (Å²) in [5.74, 6) is -0.910. The lowest BCUT2D eigenvalue weighted by atomic mass is 9.73. The van der Waals surface area contributed by atoms with Crippen LogP contribution in [0.3, 0.4) is 0 Å². The van der Waals surface area contributed by atoms with Crippen LogP contribution in [0, 0.1) is 11.2 Å². The Kier molecular flexibility index (Phi) is 6.18. The van der Waals surface area contributed by atoms with Gasteiger partial charge < -0.3 is 15.1 Å². The molecule has 2 atom stereocenters. The molecule has 1 heterocycles. The Morgan fingerprint density at radius 3 is 2.56 bits per heavy atom. The van der Waals surface area contributed by atoms with Gasteiger partial charge in [0.05, 0.1) is 18.5 Å². The number of rotatable bonds is 6. The maximum absolute atomic E-state index is 13.1. The van der Waals surface area contributed by atoms with Crippen LogP contribution in [0.2, 0.25) is 0 Å². The molecule has 1 amide bonds. The van der Waals surface area contributed by atoms with Gasteiger partial charge >= 0.3 is 0 Å². The second kappa shape index (κ2) is 7.80. The molecule has 0 saturated carbocycles. The number of amides is 1. The third kappa shape index (κ3) is 5.23. The number of carbonyl (C=O) groups excluding carboxylic acids is 1. The van der Waals surface area contributed by atoms with Gasteiger partial charge in [0.2, 0.25) is 5.91 Å². The molecule has 1 saturated heterocycles. The molecule has 1 fully saturated rings. The molecule has 0 aromatic heterocycles. The zero-order valence-corrected chi connectivity index (χ0v) is 15.0. The molecule has 2 rings (SSSR count). The van der Waals surface area contributed by atoms with Crippen LogP contribution in [-0.4, -0.2) is 67.2 Å². The van der Waals surface area contributed by atoms with Crippen molar-refractivity contribution in [1.82, 2.24) is 4.90 Å². The van der Waals surface area contributed by atoms with E-state index in [0.29, 0.717) is 19.4 Å². The molecule has 0 bridgehead atoms. The highest BCUT2D eigenvalue weighted by molar-refractivity contribution is 7.90. The Morgan fingerprint density at radius 2 is 2.00 bits per heavy atom. The first-order chi connectivity index (χ1) is 11.6. The third-order valence-corrected chi connectivity index (χ3v) is 5.65. The lowest BCUT2D eigenvalue weighted by molar-refractivity contribution is -0.141. The number of likely N-dealkylation sites (tertiary alicyclic amines) is 1. The second-order valence-corrected chi connectivity index (χ2v) is 9.08. The minimum absolute atomic E-state index is 0.118. The molecule has 0 radical (unpaired) electrons. The van der Waals surface area contributed by atoms with Crippen molar-refractivity contribution in [2.75, 3.05) is 31.7 Å². The number of hydrogen-bond donors (Lipinski definition) is 2. The molecular formula is C17H24FNO5S. The Labute approximate surface area is 147 Å². The fraction of sp³-hybridized carbons (Fsp3) is 0.588. The first kappa shape index (κ1) is 19.8. The van der Waals surface area contributed by atoms with Gasteiger partial charge in [0.15, 0.2) is 0 Å². The smallest absolute Gasteiger partial charge is 0.223 e. The SMILES string of the molecule is CS(=O)(=O)CCC(=O)N1CC[C@H](O)[C@@](CO)(Cc2ccc(F)cc2)C1. The minimum atomic E-state index is -3.24. The number of aliphatic hydroxyl groups excluding tert-OH is 2. The van der Waals surface area contributed by atoms with Gasteiger partial charge in [-0.05, 0) is 30.5 Å². The van der Waals surface area contributed by atoms with Gasteiger partial charge in [-0.1, -0.05) is 12.1 Å². The summed E-state index contributed by atoms with van der Waals surface area (Å²) in [7, 11) is -3.24. The van der Waals surface area contributed by atoms with Crippen LogP contribution in [0.15, 0.2) is 24.3 Å². The second-order valence-electron chi connectivity index (χ2n) is 6.82. The van der Waals surface area contributed by atoms with Gasteiger partial charge in [-0.2, -0.15) is 0 Å². The summed E-state index contributed by atoms with van der Waals surface area (Å²) in [6.07, 6.45) is 0.744. The van der Waals surface area contributed by atoms with Crippen LogP contribution < -0.4 is 0 Å².